The summed E-state index contributed by atoms with van der Waals surface area (Å²) in [6, 6.07) is 14.1. The SMILES string of the molecule is CC1CCCN(S(=O)(=O)c2ccc(C(=O)N(CCN(C)C)c3nc4ccccc4s3)cc2)C1. The highest BCUT2D eigenvalue weighted by atomic mass is 32.2. The highest BCUT2D eigenvalue weighted by molar-refractivity contribution is 7.89. The van der Waals surface area contributed by atoms with Crippen LogP contribution in [0.4, 0.5) is 5.13 Å². The lowest BCUT2D eigenvalue weighted by Crippen LogP contribution is -2.39. The van der Waals surface area contributed by atoms with E-state index in [4.69, 9.17) is 0 Å². The molecule has 1 aromatic heterocycles. The first-order valence-electron chi connectivity index (χ1n) is 11.2. The first kappa shape index (κ1) is 23.8. The molecule has 0 radical (unpaired) electrons. The number of aromatic nitrogens is 1. The first-order valence-corrected chi connectivity index (χ1v) is 13.4. The lowest BCUT2D eigenvalue weighted by Gasteiger charge is -2.30. The number of piperidine rings is 1. The van der Waals surface area contributed by atoms with Gasteiger partial charge in [0.15, 0.2) is 5.13 Å². The highest BCUT2D eigenvalue weighted by Crippen LogP contribution is 2.30. The summed E-state index contributed by atoms with van der Waals surface area (Å²) in [6.45, 7) is 4.33. The van der Waals surface area contributed by atoms with Crippen molar-refractivity contribution < 1.29 is 13.2 Å². The number of fused-ring (bicyclic) bond motifs is 1. The fraction of sp³-hybridized carbons (Fsp3) is 0.417. The minimum atomic E-state index is -3.56. The van der Waals surface area contributed by atoms with E-state index in [0.717, 1.165) is 23.1 Å². The van der Waals surface area contributed by atoms with Crippen LogP contribution in [0.5, 0.6) is 0 Å². The normalized spacial score (nSPS) is 17.5. The van der Waals surface area contributed by atoms with Crippen molar-refractivity contribution in [2.75, 3.05) is 45.2 Å². The van der Waals surface area contributed by atoms with Crippen molar-refractivity contribution in [2.24, 2.45) is 5.92 Å². The number of para-hydroxylation sites is 1. The second kappa shape index (κ2) is 9.89. The van der Waals surface area contributed by atoms with Gasteiger partial charge in [0.2, 0.25) is 10.0 Å². The van der Waals surface area contributed by atoms with Gasteiger partial charge < -0.3 is 4.90 Å². The van der Waals surface area contributed by atoms with Gasteiger partial charge in [0, 0.05) is 31.7 Å². The molecule has 0 aliphatic carbocycles. The van der Waals surface area contributed by atoms with Gasteiger partial charge in [-0.3, -0.25) is 9.69 Å². The summed E-state index contributed by atoms with van der Waals surface area (Å²) in [4.78, 5) is 22.0. The molecule has 0 bridgehead atoms. The molecule has 7 nitrogen and oxygen atoms in total. The van der Waals surface area contributed by atoms with Gasteiger partial charge in [-0.25, -0.2) is 13.4 Å². The van der Waals surface area contributed by atoms with Crippen molar-refractivity contribution >= 4 is 42.6 Å². The van der Waals surface area contributed by atoms with E-state index in [9.17, 15) is 13.2 Å². The second-order valence-electron chi connectivity index (χ2n) is 8.86. The molecule has 33 heavy (non-hydrogen) atoms. The number of anilines is 1. The molecule has 2 aromatic carbocycles. The number of likely N-dealkylation sites (N-methyl/N-ethyl adjacent to an activating group) is 1. The van der Waals surface area contributed by atoms with Gasteiger partial charge in [0.05, 0.1) is 15.1 Å². The van der Waals surface area contributed by atoms with Crippen LogP contribution in [0, 0.1) is 5.92 Å². The molecule has 0 spiro atoms. The Morgan fingerprint density at radius 3 is 2.52 bits per heavy atom. The Balaban J connectivity index is 1.59. The van der Waals surface area contributed by atoms with Gasteiger partial charge >= 0.3 is 0 Å². The summed E-state index contributed by atoms with van der Waals surface area (Å²) in [5, 5.41) is 0.641. The average Bonchev–Trinajstić information content (AvgIpc) is 3.23. The predicted molar refractivity (Wildman–Crippen MR) is 133 cm³/mol. The molecule has 0 N–H and O–H groups in total. The van der Waals surface area contributed by atoms with E-state index in [0.29, 0.717) is 42.8 Å². The Morgan fingerprint density at radius 2 is 1.85 bits per heavy atom. The number of carbonyl (C=O) groups excluding carboxylic acids is 1. The molecule has 1 aliphatic heterocycles. The maximum absolute atomic E-state index is 13.5. The zero-order valence-electron chi connectivity index (χ0n) is 19.3. The van der Waals surface area contributed by atoms with Gasteiger partial charge in [-0.15, -0.1) is 0 Å². The van der Waals surface area contributed by atoms with Crippen LogP contribution in [0.3, 0.4) is 0 Å². The van der Waals surface area contributed by atoms with Crippen molar-refractivity contribution in [3.05, 3.63) is 54.1 Å². The fourth-order valence-electron chi connectivity index (χ4n) is 4.00. The predicted octanol–water partition coefficient (Wildman–Crippen LogP) is 3.93. The van der Waals surface area contributed by atoms with Gasteiger partial charge in [-0.05, 0) is 69.3 Å². The molecule has 2 heterocycles. The Morgan fingerprint density at radius 1 is 1.12 bits per heavy atom. The number of sulfonamides is 1. The van der Waals surface area contributed by atoms with Crippen molar-refractivity contribution in [3.63, 3.8) is 0 Å². The molecule has 1 atom stereocenters. The van der Waals surface area contributed by atoms with E-state index in [1.165, 1.54) is 11.3 Å². The van der Waals surface area contributed by atoms with Crippen molar-refractivity contribution in [1.29, 1.82) is 0 Å². The third-order valence-electron chi connectivity index (χ3n) is 5.89. The molecule has 3 aromatic rings. The van der Waals surface area contributed by atoms with Crippen LogP contribution in [0.25, 0.3) is 10.2 Å². The van der Waals surface area contributed by atoms with Gasteiger partial charge in [-0.1, -0.05) is 30.4 Å². The molecule has 9 heteroatoms. The van der Waals surface area contributed by atoms with Crippen LogP contribution in [0.15, 0.2) is 53.4 Å². The Labute approximate surface area is 199 Å². The molecule has 1 aliphatic rings. The summed E-state index contributed by atoms with van der Waals surface area (Å²) in [5.74, 6) is 0.167. The van der Waals surface area contributed by atoms with E-state index in [2.05, 4.69) is 11.9 Å². The standard InChI is InChI=1S/C24H30N4O3S2/c1-18-7-6-14-27(17-18)33(30,31)20-12-10-19(11-13-20)23(29)28(16-15-26(2)3)24-25-21-8-4-5-9-22(21)32-24/h4-5,8-13,18H,6-7,14-17H2,1-3H3. The number of hydrogen-bond acceptors (Lipinski definition) is 6. The summed E-state index contributed by atoms with van der Waals surface area (Å²) >= 11 is 1.48. The van der Waals surface area contributed by atoms with Crippen LogP contribution in [-0.2, 0) is 10.0 Å². The van der Waals surface area contributed by atoms with E-state index in [1.54, 1.807) is 33.5 Å². The smallest absolute Gasteiger partial charge is 0.260 e. The third kappa shape index (κ3) is 5.27. The molecule has 1 fully saturated rings. The van der Waals surface area contributed by atoms with E-state index < -0.39 is 10.0 Å². The molecule has 1 unspecified atom stereocenters. The number of thiazole rings is 1. The zero-order chi connectivity index (χ0) is 23.6. The second-order valence-corrected chi connectivity index (χ2v) is 11.8. The number of benzene rings is 2. The first-order chi connectivity index (χ1) is 15.8. The number of rotatable bonds is 7. The summed E-state index contributed by atoms with van der Waals surface area (Å²) in [6.07, 6.45) is 1.92. The van der Waals surface area contributed by atoms with Gasteiger partial charge in [0.25, 0.3) is 5.91 Å². The lowest BCUT2D eigenvalue weighted by molar-refractivity contribution is 0.0985. The molecule has 1 amide bonds. The van der Waals surface area contributed by atoms with E-state index in [-0.39, 0.29) is 10.8 Å². The molecule has 176 valence electrons. The van der Waals surface area contributed by atoms with Crippen LogP contribution in [-0.4, -0.2) is 68.8 Å². The highest BCUT2D eigenvalue weighted by Gasteiger charge is 2.29. The number of carbonyl (C=O) groups is 1. The number of amides is 1. The van der Waals surface area contributed by atoms with Crippen LogP contribution in [0.1, 0.15) is 30.1 Å². The molecular formula is C24H30N4O3S2. The maximum atomic E-state index is 13.5. The Hall–Kier alpha value is -2.33. The fourth-order valence-corrected chi connectivity index (χ4v) is 6.59. The summed E-state index contributed by atoms with van der Waals surface area (Å²) in [5.41, 5.74) is 1.30. The Kier molecular flexibility index (Phi) is 7.13. The topological polar surface area (TPSA) is 73.8 Å². The van der Waals surface area contributed by atoms with Crippen LogP contribution in [0.2, 0.25) is 0 Å². The van der Waals surface area contributed by atoms with Gasteiger partial charge in [-0.2, -0.15) is 4.31 Å². The lowest BCUT2D eigenvalue weighted by atomic mass is 10.0. The number of nitrogens with zero attached hydrogens (tertiary/aromatic N) is 4. The third-order valence-corrected chi connectivity index (χ3v) is 8.83. The summed E-state index contributed by atoms with van der Waals surface area (Å²) in [7, 11) is 0.364. The Bertz CT molecular complexity index is 1190. The monoisotopic (exact) mass is 486 g/mol. The molecule has 0 saturated carbocycles. The minimum absolute atomic E-state index is 0.188. The summed E-state index contributed by atoms with van der Waals surface area (Å²) < 4.78 is 28.7. The average molecular weight is 487 g/mol. The van der Waals surface area contributed by atoms with E-state index >= 15 is 0 Å². The molecular weight excluding hydrogens is 456 g/mol. The van der Waals surface area contributed by atoms with Crippen molar-refractivity contribution in [2.45, 2.75) is 24.7 Å². The van der Waals surface area contributed by atoms with Crippen LogP contribution >= 0.6 is 11.3 Å². The van der Waals surface area contributed by atoms with Crippen LogP contribution < -0.4 is 4.90 Å². The quantitative estimate of drug-likeness (QED) is 0.506. The largest absolute Gasteiger partial charge is 0.308 e. The van der Waals surface area contributed by atoms with E-state index in [1.807, 2.05) is 43.3 Å². The minimum Gasteiger partial charge on any atom is -0.308 e. The van der Waals surface area contributed by atoms with Crippen molar-refractivity contribution in [3.8, 4) is 0 Å². The number of hydrogen-bond donors (Lipinski definition) is 0. The zero-order valence-corrected chi connectivity index (χ0v) is 20.9. The maximum Gasteiger partial charge on any atom is 0.260 e. The van der Waals surface area contributed by atoms with Gasteiger partial charge in [0.1, 0.15) is 0 Å². The van der Waals surface area contributed by atoms with Crippen molar-refractivity contribution in [1.82, 2.24) is 14.2 Å². The molecule has 4 rings (SSSR count). The molecule has 1 saturated heterocycles.